The predicted octanol–water partition coefficient (Wildman–Crippen LogP) is 1.78. The highest BCUT2D eigenvalue weighted by Gasteiger charge is 2.12. The minimum absolute atomic E-state index is 0.0407. The summed E-state index contributed by atoms with van der Waals surface area (Å²) in [5, 5.41) is 12.5. The molecule has 1 aromatic rings. The fourth-order valence-corrected chi connectivity index (χ4v) is 1.50. The van der Waals surface area contributed by atoms with Gasteiger partial charge in [0.05, 0.1) is 12.6 Å². The van der Waals surface area contributed by atoms with Gasteiger partial charge in [0, 0.05) is 11.8 Å². The van der Waals surface area contributed by atoms with Gasteiger partial charge in [-0.25, -0.2) is 9.97 Å². The van der Waals surface area contributed by atoms with E-state index in [1.165, 1.54) is 0 Å². The molecule has 0 saturated heterocycles. The van der Waals surface area contributed by atoms with E-state index < -0.39 is 0 Å². The minimum Gasteiger partial charge on any atom is -0.394 e. The van der Waals surface area contributed by atoms with Gasteiger partial charge >= 0.3 is 0 Å². The lowest BCUT2D eigenvalue weighted by Gasteiger charge is -2.20. The number of hydrogen-bond acceptors (Lipinski definition) is 4. The Morgan fingerprint density at radius 1 is 1.38 bits per heavy atom. The third-order valence-electron chi connectivity index (χ3n) is 2.59. The molecule has 0 aromatic carbocycles. The molecule has 0 spiro atoms. The zero-order valence-corrected chi connectivity index (χ0v) is 10.5. The van der Waals surface area contributed by atoms with E-state index in [1.807, 2.05) is 13.0 Å². The molecule has 0 amide bonds. The fraction of sp³-hybridized carbons (Fsp3) is 0.667. The number of nitrogens with zero attached hydrogens (tertiary/aromatic N) is 2. The Balaban J connectivity index is 2.83. The average molecular weight is 223 g/mol. The zero-order chi connectivity index (χ0) is 12.1. The van der Waals surface area contributed by atoms with Crippen LogP contribution in [0, 0.1) is 12.8 Å². The molecule has 0 fully saturated rings. The maximum atomic E-state index is 9.25. The van der Waals surface area contributed by atoms with Crippen LogP contribution in [0.5, 0.6) is 0 Å². The average Bonchev–Trinajstić information content (AvgIpc) is 2.24. The van der Waals surface area contributed by atoms with E-state index in [0.29, 0.717) is 5.92 Å². The molecule has 0 saturated carbocycles. The molecular weight excluding hydrogens is 202 g/mol. The number of aromatic nitrogens is 2. The van der Waals surface area contributed by atoms with Crippen LogP contribution < -0.4 is 5.32 Å². The number of aliphatic hydroxyl groups is 1. The van der Waals surface area contributed by atoms with E-state index in [4.69, 9.17) is 0 Å². The Hall–Kier alpha value is -1.16. The first-order chi connectivity index (χ1) is 7.56. The Morgan fingerprint density at radius 2 is 2.06 bits per heavy atom. The highest BCUT2D eigenvalue weighted by Crippen LogP contribution is 2.12. The maximum Gasteiger partial charge on any atom is 0.130 e. The van der Waals surface area contributed by atoms with Gasteiger partial charge in [-0.2, -0.15) is 0 Å². The molecule has 0 aliphatic rings. The van der Waals surface area contributed by atoms with Crippen molar-refractivity contribution in [3.05, 3.63) is 17.6 Å². The Morgan fingerprint density at radius 3 is 2.56 bits per heavy atom. The van der Waals surface area contributed by atoms with Gasteiger partial charge in [0.1, 0.15) is 11.6 Å². The van der Waals surface area contributed by atoms with Gasteiger partial charge in [-0.05, 0) is 19.3 Å². The molecule has 0 radical (unpaired) electrons. The largest absolute Gasteiger partial charge is 0.394 e. The molecule has 0 unspecified atom stereocenters. The smallest absolute Gasteiger partial charge is 0.130 e. The van der Waals surface area contributed by atoms with Crippen molar-refractivity contribution in [3.8, 4) is 0 Å². The predicted molar refractivity (Wildman–Crippen MR) is 65.5 cm³/mol. The first kappa shape index (κ1) is 12.9. The highest BCUT2D eigenvalue weighted by molar-refractivity contribution is 5.37. The van der Waals surface area contributed by atoms with Crippen LogP contribution >= 0.6 is 0 Å². The van der Waals surface area contributed by atoms with Crippen LogP contribution in [0.4, 0.5) is 5.82 Å². The van der Waals surface area contributed by atoms with Crippen molar-refractivity contribution in [2.75, 3.05) is 11.9 Å². The number of rotatable bonds is 5. The summed E-state index contributed by atoms with van der Waals surface area (Å²) in [5.74, 6) is 1.93. The lowest BCUT2D eigenvalue weighted by molar-refractivity contribution is 0.249. The molecule has 1 heterocycles. The number of aliphatic hydroxyl groups excluding tert-OH is 1. The topological polar surface area (TPSA) is 58.0 Å². The van der Waals surface area contributed by atoms with E-state index in [9.17, 15) is 5.11 Å². The van der Waals surface area contributed by atoms with Gasteiger partial charge in [0.15, 0.2) is 0 Å². The second-order valence-electron chi connectivity index (χ2n) is 4.32. The summed E-state index contributed by atoms with van der Waals surface area (Å²) < 4.78 is 0. The standard InChI is InChI=1S/C12H21N3O/c1-5-10-6-12(14-9(4)13-10)15-11(7-16)8(2)3/h6,8,11,16H,5,7H2,1-4H3,(H,13,14,15)/t11-/m1/s1. The van der Waals surface area contributed by atoms with Crippen LogP contribution in [-0.4, -0.2) is 27.7 Å². The summed E-state index contributed by atoms with van der Waals surface area (Å²) in [6, 6.07) is 1.98. The molecule has 0 bridgehead atoms. The van der Waals surface area contributed by atoms with Crippen molar-refractivity contribution in [3.63, 3.8) is 0 Å². The Kier molecular flexibility index (Phi) is 4.68. The molecule has 0 aliphatic heterocycles. The van der Waals surface area contributed by atoms with E-state index in [-0.39, 0.29) is 12.6 Å². The summed E-state index contributed by atoms with van der Waals surface area (Å²) in [4.78, 5) is 8.64. The molecule has 16 heavy (non-hydrogen) atoms. The third-order valence-corrected chi connectivity index (χ3v) is 2.59. The second-order valence-corrected chi connectivity index (χ2v) is 4.32. The van der Waals surface area contributed by atoms with Crippen molar-refractivity contribution in [2.24, 2.45) is 5.92 Å². The quantitative estimate of drug-likeness (QED) is 0.799. The lowest BCUT2D eigenvalue weighted by Crippen LogP contribution is -2.30. The summed E-state index contributed by atoms with van der Waals surface area (Å²) in [7, 11) is 0. The SMILES string of the molecule is CCc1cc(N[C@H](CO)C(C)C)nc(C)n1. The molecule has 1 rings (SSSR count). The van der Waals surface area contributed by atoms with Crippen molar-refractivity contribution in [2.45, 2.75) is 40.2 Å². The molecule has 4 nitrogen and oxygen atoms in total. The monoisotopic (exact) mass is 223 g/mol. The molecular formula is C12H21N3O. The van der Waals surface area contributed by atoms with Gasteiger partial charge in [-0.3, -0.25) is 0 Å². The van der Waals surface area contributed by atoms with Crippen LogP contribution in [0.1, 0.15) is 32.3 Å². The van der Waals surface area contributed by atoms with E-state index >= 15 is 0 Å². The zero-order valence-electron chi connectivity index (χ0n) is 10.5. The van der Waals surface area contributed by atoms with Crippen molar-refractivity contribution < 1.29 is 5.11 Å². The number of hydrogen-bond donors (Lipinski definition) is 2. The Labute approximate surface area is 97.1 Å². The van der Waals surface area contributed by atoms with Crippen LogP contribution in [-0.2, 0) is 6.42 Å². The molecule has 1 atom stereocenters. The van der Waals surface area contributed by atoms with E-state index in [2.05, 4.69) is 36.1 Å². The molecule has 0 aliphatic carbocycles. The van der Waals surface area contributed by atoms with Crippen LogP contribution in [0.2, 0.25) is 0 Å². The number of nitrogens with one attached hydrogen (secondary N) is 1. The lowest BCUT2D eigenvalue weighted by atomic mass is 10.1. The number of anilines is 1. The highest BCUT2D eigenvalue weighted by atomic mass is 16.3. The van der Waals surface area contributed by atoms with Gasteiger partial charge in [0.25, 0.3) is 0 Å². The maximum absolute atomic E-state index is 9.25. The van der Waals surface area contributed by atoms with Gasteiger partial charge in [-0.15, -0.1) is 0 Å². The Bertz CT molecular complexity index is 339. The summed E-state index contributed by atoms with van der Waals surface area (Å²) in [5.41, 5.74) is 1.02. The molecule has 1 aromatic heterocycles. The molecule has 4 heteroatoms. The van der Waals surface area contributed by atoms with Gasteiger partial charge < -0.3 is 10.4 Å². The molecule has 90 valence electrons. The summed E-state index contributed by atoms with van der Waals surface area (Å²) in [6.45, 7) is 8.21. The first-order valence-electron chi connectivity index (χ1n) is 5.78. The van der Waals surface area contributed by atoms with Gasteiger partial charge in [0.2, 0.25) is 0 Å². The normalized spacial score (nSPS) is 12.9. The van der Waals surface area contributed by atoms with Crippen LogP contribution in [0.3, 0.4) is 0 Å². The third kappa shape index (κ3) is 3.45. The minimum atomic E-state index is 0.0407. The molecule has 2 N–H and O–H groups in total. The van der Waals surface area contributed by atoms with Crippen LogP contribution in [0.15, 0.2) is 6.07 Å². The van der Waals surface area contributed by atoms with Crippen LogP contribution in [0.25, 0.3) is 0 Å². The number of aryl methyl sites for hydroxylation is 2. The van der Waals surface area contributed by atoms with Crippen molar-refractivity contribution >= 4 is 5.82 Å². The fourth-order valence-electron chi connectivity index (χ4n) is 1.50. The van der Waals surface area contributed by atoms with E-state index in [0.717, 1.165) is 23.8 Å². The van der Waals surface area contributed by atoms with Crippen molar-refractivity contribution in [1.29, 1.82) is 0 Å². The van der Waals surface area contributed by atoms with E-state index in [1.54, 1.807) is 0 Å². The van der Waals surface area contributed by atoms with Gasteiger partial charge in [-0.1, -0.05) is 20.8 Å². The second kappa shape index (κ2) is 5.80. The first-order valence-corrected chi connectivity index (χ1v) is 5.78. The summed E-state index contributed by atoms with van der Waals surface area (Å²) >= 11 is 0. The van der Waals surface area contributed by atoms with Crippen molar-refractivity contribution in [1.82, 2.24) is 9.97 Å². The summed E-state index contributed by atoms with van der Waals surface area (Å²) in [6.07, 6.45) is 0.892.